The van der Waals surface area contributed by atoms with Crippen LogP contribution in [0.2, 0.25) is 0 Å². The summed E-state index contributed by atoms with van der Waals surface area (Å²) in [6, 6.07) is 8.62. The van der Waals surface area contributed by atoms with Crippen molar-refractivity contribution >= 4 is 26.7 Å². The van der Waals surface area contributed by atoms with Gasteiger partial charge in [0.05, 0.1) is 10.2 Å². The van der Waals surface area contributed by atoms with Crippen molar-refractivity contribution in [3.8, 4) is 0 Å². The highest BCUT2D eigenvalue weighted by Gasteiger charge is 2.34. The van der Waals surface area contributed by atoms with E-state index in [0.29, 0.717) is 6.04 Å². The van der Waals surface area contributed by atoms with Crippen LogP contribution in [0.25, 0.3) is 10.2 Å². The molecule has 3 nitrogen and oxygen atoms in total. The van der Waals surface area contributed by atoms with Gasteiger partial charge >= 0.3 is 0 Å². The highest BCUT2D eigenvalue weighted by Crippen LogP contribution is 2.34. The van der Waals surface area contributed by atoms with Crippen LogP contribution in [0.1, 0.15) is 20.3 Å². The first-order valence-electron chi connectivity index (χ1n) is 6.42. The number of benzene rings is 1. The van der Waals surface area contributed by atoms with Crippen LogP contribution in [0, 0.1) is 5.41 Å². The Labute approximate surface area is 112 Å². The predicted octanol–water partition coefficient (Wildman–Crippen LogP) is 2.86. The van der Waals surface area contributed by atoms with E-state index in [4.69, 9.17) is 10.7 Å². The number of aromatic nitrogens is 1. The number of fused-ring (bicyclic) bond motifs is 1. The maximum atomic E-state index is 6.18. The lowest BCUT2D eigenvalue weighted by Gasteiger charge is -2.42. The Bertz CT molecular complexity index is 528. The van der Waals surface area contributed by atoms with E-state index >= 15 is 0 Å². The molecule has 1 aliphatic rings. The van der Waals surface area contributed by atoms with Crippen molar-refractivity contribution in [2.45, 2.75) is 26.3 Å². The molecule has 1 unspecified atom stereocenters. The molecule has 1 aromatic carbocycles. The van der Waals surface area contributed by atoms with Gasteiger partial charge in [0.15, 0.2) is 5.13 Å². The summed E-state index contributed by atoms with van der Waals surface area (Å²) in [7, 11) is 0. The molecule has 1 atom stereocenters. The third-order valence-corrected chi connectivity index (χ3v) is 4.96. The molecular formula is C14H19N3S. The molecule has 0 aliphatic carbocycles. The highest BCUT2D eigenvalue weighted by atomic mass is 32.1. The van der Waals surface area contributed by atoms with Crippen LogP contribution < -0.4 is 10.6 Å². The van der Waals surface area contributed by atoms with E-state index in [-0.39, 0.29) is 5.41 Å². The largest absolute Gasteiger partial charge is 0.347 e. The second-order valence-corrected chi connectivity index (χ2v) is 6.78. The van der Waals surface area contributed by atoms with Crippen molar-refractivity contribution in [1.29, 1.82) is 0 Å². The van der Waals surface area contributed by atoms with Crippen LogP contribution in [0.5, 0.6) is 0 Å². The van der Waals surface area contributed by atoms with E-state index in [9.17, 15) is 0 Å². The first kappa shape index (κ1) is 11.9. The van der Waals surface area contributed by atoms with Gasteiger partial charge in [-0.15, -0.1) is 0 Å². The Balaban J connectivity index is 1.91. The van der Waals surface area contributed by atoms with Gasteiger partial charge in [-0.25, -0.2) is 4.98 Å². The minimum Gasteiger partial charge on any atom is -0.347 e. The number of hydrogen-bond acceptors (Lipinski definition) is 4. The van der Waals surface area contributed by atoms with Gasteiger partial charge in [0, 0.05) is 19.1 Å². The van der Waals surface area contributed by atoms with Gasteiger partial charge in [0.2, 0.25) is 0 Å². The molecule has 0 radical (unpaired) electrons. The van der Waals surface area contributed by atoms with Gasteiger partial charge in [-0.3, -0.25) is 0 Å². The third kappa shape index (κ3) is 1.99. The number of nitrogens with two attached hydrogens (primary N) is 1. The standard InChI is InChI=1S/C14H19N3S/c1-14(2)9-17(8-7-12(14)15)13-16-10-5-3-4-6-11(10)18-13/h3-6,12H,7-9,15H2,1-2H3. The fourth-order valence-corrected chi connectivity index (χ4v) is 3.52. The molecule has 0 spiro atoms. The van der Waals surface area contributed by atoms with Crippen molar-refractivity contribution in [1.82, 2.24) is 4.98 Å². The quantitative estimate of drug-likeness (QED) is 0.858. The van der Waals surface area contributed by atoms with Crippen LogP contribution >= 0.6 is 11.3 Å². The molecule has 96 valence electrons. The number of hydrogen-bond donors (Lipinski definition) is 1. The van der Waals surface area contributed by atoms with Gasteiger partial charge in [0.1, 0.15) is 0 Å². The van der Waals surface area contributed by atoms with E-state index in [0.717, 1.165) is 30.2 Å². The molecule has 2 N–H and O–H groups in total. The van der Waals surface area contributed by atoms with Crippen LogP contribution in [0.3, 0.4) is 0 Å². The average Bonchev–Trinajstić information content (AvgIpc) is 2.76. The fourth-order valence-electron chi connectivity index (χ4n) is 2.53. The minimum absolute atomic E-state index is 0.163. The van der Waals surface area contributed by atoms with Crippen LogP contribution in [-0.2, 0) is 0 Å². The number of nitrogens with zero attached hydrogens (tertiary/aromatic N) is 2. The van der Waals surface area contributed by atoms with Gasteiger partial charge < -0.3 is 10.6 Å². The molecule has 18 heavy (non-hydrogen) atoms. The number of para-hydroxylation sites is 1. The SMILES string of the molecule is CC1(C)CN(c2nc3ccccc3s2)CCC1N. The van der Waals surface area contributed by atoms with E-state index in [1.54, 1.807) is 11.3 Å². The molecule has 1 aliphatic heterocycles. The van der Waals surface area contributed by atoms with Crippen molar-refractivity contribution in [3.05, 3.63) is 24.3 Å². The zero-order chi connectivity index (χ0) is 12.8. The number of piperidine rings is 1. The molecule has 2 aromatic rings. The summed E-state index contributed by atoms with van der Waals surface area (Å²) in [4.78, 5) is 7.11. The molecule has 0 saturated carbocycles. The summed E-state index contributed by atoms with van der Waals surface area (Å²) in [6.45, 7) is 6.51. The Kier molecular flexibility index (Phi) is 2.79. The summed E-state index contributed by atoms with van der Waals surface area (Å²) in [5.41, 5.74) is 7.45. The number of thiazole rings is 1. The summed E-state index contributed by atoms with van der Waals surface area (Å²) >= 11 is 1.78. The summed E-state index contributed by atoms with van der Waals surface area (Å²) in [5, 5.41) is 1.14. The first-order chi connectivity index (χ1) is 8.56. The van der Waals surface area contributed by atoms with Gasteiger partial charge in [-0.1, -0.05) is 37.3 Å². The molecule has 2 heterocycles. The maximum absolute atomic E-state index is 6.18. The van der Waals surface area contributed by atoms with E-state index in [1.165, 1.54) is 4.70 Å². The van der Waals surface area contributed by atoms with Gasteiger partial charge in [-0.2, -0.15) is 0 Å². The summed E-state index contributed by atoms with van der Waals surface area (Å²) in [6.07, 6.45) is 1.04. The molecule has 0 bridgehead atoms. The van der Waals surface area contributed by atoms with Crippen molar-refractivity contribution in [2.75, 3.05) is 18.0 Å². The molecule has 0 amide bonds. The number of rotatable bonds is 1. The lowest BCUT2D eigenvalue weighted by Crippen LogP contribution is -2.52. The fraction of sp³-hybridized carbons (Fsp3) is 0.500. The molecule has 1 saturated heterocycles. The summed E-state index contributed by atoms with van der Waals surface area (Å²) < 4.78 is 1.26. The van der Waals surface area contributed by atoms with Crippen LogP contribution in [0.15, 0.2) is 24.3 Å². The second-order valence-electron chi connectivity index (χ2n) is 5.77. The zero-order valence-corrected chi connectivity index (χ0v) is 11.7. The van der Waals surface area contributed by atoms with Gasteiger partial charge in [0.25, 0.3) is 0 Å². The summed E-state index contributed by atoms with van der Waals surface area (Å²) in [5.74, 6) is 0. The highest BCUT2D eigenvalue weighted by molar-refractivity contribution is 7.22. The van der Waals surface area contributed by atoms with Gasteiger partial charge in [-0.05, 0) is 24.0 Å². The van der Waals surface area contributed by atoms with Crippen molar-refractivity contribution in [2.24, 2.45) is 11.1 Å². The lowest BCUT2D eigenvalue weighted by molar-refractivity contribution is 0.245. The molecule has 3 rings (SSSR count). The zero-order valence-electron chi connectivity index (χ0n) is 10.9. The van der Waals surface area contributed by atoms with Crippen molar-refractivity contribution < 1.29 is 0 Å². The van der Waals surface area contributed by atoms with E-state index in [1.807, 2.05) is 6.07 Å². The predicted molar refractivity (Wildman–Crippen MR) is 78.2 cm³/mol. The number of anilines is 1. The Morgan fingerprint density at radius 2 is 2.17 bits per heavy atom. The molecule has 1 fully saturated rings. The Morgan fingerprint density at radius 3 is 2.89 bits per heavy atom. The van der Waals surface area contributed by atoms with E-state index < -0.39 is 0 Å². The molecule has 1 aromatic heterocycles. The van der Waals surface area contributed by atoms with Crippen LogP contribution in [0.4, 0.5) is 5.13 Å². The molecular weight excluding hydrogens is 242 g/mol. The average molecular weight is 261 g/mol. The van der Waals surface area contributed by atoms with Crippen LogP contribution in [-0.4, -0.2) is 24.1 Å². The topological polar surface area (TPSA) is 42.2 Å². The molecule has 4 heteroatoms. The lowest BCUT2D eigenvalue weighted by atomic mass is 9.80. The normalized spacial score (nSPS) is 23.5. The third-order valence-electron chi connectivity index (χ3n) is 3.87. The van der Waals surface area contributed by atoms with Crippen molar-refractivity contribution in [3.63, 3.8) is 0 Å². The second kappa shape index (κ2) is 4.21. The maximum Gasteiger partial charge on any atom is 0.186 e. The first-order valence-corrected chi connectivity index (χ1v) is 7.24. The monoisotopic (exact) mass is 261 g/mol. The Hall–Kier alpha value is -1.13. The Morgan fingerprint density at radius 1 is 1.39 bits per heavy atom. The smallest absolute Gasteiger partial charge is 0.186 e. The van der Waals surface area contributed by atoms with E-state index in [2.05, 4.69) is 36.9 Å². The minimum atomic E-state index is 0.163.